The van der Waals surface area contributed by atoms with Gasteiger partial charge < -0.3 is 0 Å². The van der Waals surface area contributed by atoms with E-state index in [-0.39, 0.29) is 0 Å². The first-order valence-electron chi connectivity index (χ1n) is 5.72. The highest BCUT2D eigenvalue weighted by Crippen LogP contribution is 2.27. The van der Waals surface area contributed by atoms with Gasteiger partial charge in [-0.25, -0.2) is 4.21 Å². The molecule has 0 aliphatic heterocycles. The lowest BCUT2D eigenvalue weighted by Gasteiger charge is -2.10. The number of allylic oxidation sites excluding steroid dienone is 3. The Morgan fingerprint density at radius 1 is 1.29 bits per heavy atom. The Labute approximate surface area is 110 Å². The van der Waals surface area contributed by atoms with Gasteiger partial charge in [-0.15, -0.1) is 0 Å². The van der Waals surface area contributed by atoms with Gasteiger partial charge in [0.05, 0.1) is 10.8 Å². The van der Waals surface area contributed by atoms with Crippen LogP contribution >= 0.6 is 11.6 Å². The van der Waals surface area contributed by atoms with Crippen LogP contribution in [0.5, 0.6) is 0 Å². The van der Waals surface area contributed by atoms with E-state index in [0.29, 0.717) is 4.36 Å². The number of hydrogen-bond acceptors (Lipinski definition) is 1. The van der Waals surface area contributed by atoms with Crippen molar-refractivity contribution in [2.45, 2.75) is 31.1 Å². The predicted molar refractivity (Wildman–Crippen MR) is 73.5 cm³/mol. The normalized spacial score (nSPS) is 20.1. The third-order valence-electron chi connectivity index (χ3n) is 2.79. The highest BCUT2D eigenvalue weighted by Gasteiger charge is 2.13. The third-order valence-corrected chi connectivity index (χ3v) is 4.74. The molecule has 1 nitrogen and oxygen atoms in total. The van der Waals surface area contributed by atoms with Gasteiger partial charge in [-0.1, -0.05) is 41.4 Å². The molecule has 0 heterocycles. The molecule has 0 fully saturated rings. The lowest BCUT2D eigenvalue weighted by Crippen LogP contribution is -1.97. The first-order chi connectivity index (χ1) is 8.18. The average Bonchev–Trinajstić information content (AvgIpc) is 2.39. The summed E-state index contributed by atoms with van der Waals surface area (Å²) in [6.07, 6.45) is 7.19. The molecule has 1 aliphatic carbocycles. The van der Waals surface area contributed by atoms with E-state index in [9.17, 15) is 4.21 Å². The summed E-state index contributed by atoms with van der Waals surface area (Å²) in [5.41, 5.74) is 2.17. The van der Waals surface area contributed by atoms with Gasteiger partial charge in [0.2, 0.25) is 0 Å². The molecule has 2 rings (SSSR count). The zero-order valence-electron chi connectivity index (χ0n) is 9.78. The molecular weight excluding hydrogens is 252 g/mol. The zero-order valence-corrected chi connectivity index (χ0v) is 11.4. The van der Waals surface area contributed by atoms with E-state index in [4.69, 9.17) is 11.6 Å². The van der Waals surface area contributed by atoms with Crippen molar-refractivity contribution in [2.75, 3.05) is 0 Å². The molecule has 0 spiro atoms. The fourth-order valence-electron chi connectivity index (χ4n) is 1.77. The molecule has 17 heavy (non-hydrogen) atoms. The summed E-state index contributed by atoms with van der Waals surface area (Å²) in [5.74, 6) is 0. The molecule has 1 aliphatic rings. The smallest absolute Gasteiger partial charge is 0.113 e. The second-order valence-electron chi connectivity index (χ2n) is 4.18. The van der Waals surface area contributed by atoms with Crippen LogP contribution in [0.3, 0.4) is 0 Å². The van der Waals surface area contributed by atoms with Crippen LogP contribution in [-0.2, 0) is 10.8 Å². The Morgan fingerprint density at radius 3 is 2.59 bits per heavy atom. The van der Waals surface area contributed by atoms with Crippen molar-refractivity contribution in [1.29, 1.82) is 0 Å². The zero-order chi connectivity index (χ0) is 12.3. The van der Waals surface area contributed by atoms with E-state index < -0.39 is 10.8 Å². The van der Waals surface area contributed by atoms with E-state index in [0.717, 1.165) is 35.3 Å². The Bertz CT molecular complexity index is 485. The quantitative estimate of drug-likeness (QED) is 0.780. The minimum absolute atomic E-state index is 0.477. The molecule has 0 N–H and O–H groups in total. The lowest BCUT2D eigenvalue weighted by molar-refractivity contribution is 0.687. The molecule has 0 bridgehead atoms. The highest BCUT2D eigenvalue weighted by molar-refractivity contribution is 7.90. The molecule has 0 amide bonds. The van der Waals surface area contributed by atoms with E-state index >= 15 is 0 Å². The fourth-order valence-corrected chi connectivity index (χ4v) is 3.19. The van der Waals surface area contributed by atoms with Crippen molar-refractivity contribution in [3.8, 4) is 0 Å². The Kier molecular flexibility index (Phi) is 4.19. The maximum atomic E-state index is 12.2. The molecule has 0 saturated carbocycles. The summed E-state index contributed by atoms with van der Waals surface area (Å²) < 4.78 is 12.7. The minimum Gasteiger partial charge on any atom is -0.248 e. The van der Waals surface area contributed by atoms with Crippen LogP contribution in [-0.4, -0.2) is 4.21 Å². The summed E-state index contributed by atoms with van der Waals surface area (Å²) in [6.45, 7) is 2.01. The van der Waals surface area contributed by atoms with Gasteiger partial charge in [-0.2, -0.15) is 0 Å². The molecule has 1 unspecified atom stereocenters. The van der Waals surface area contributed by atoms with Crippen LogP contribution in [0, 0.1) is 6.92 Å². The van der Waals surface area contributed by atoms with Crippen molar-refractivity contribution in [1.82, 2.24) is 0 Å². The standard InChI is InChI=1S/C14H15ClOS/c1-11-7-9-13(10-8-11)17(16)14(15)12-5-3-2-4-6-12/h3,5,7-10H,2,4,6H2,1H3/b14-12+. The summed E-state index contributed by atoms with van der Waals surface area (Å²) in [6, 6.07) is 7.67. The van der Waals surface area contributed by atoms with Crippen LogP contribution in [0.25, 0.3) is 0 Å². The summed E-state index contributed by atoms with van der Waals surface area (Å²) in [7, 11) is -1.24. The minimum atomic E-state index is -1.24. The molecule has 90 valence electrons. The van der Waals surface area contributed by atoms with Gasteiger partial charge in [0.1, 0.15) is 4.36 Å². The molecule has 1 atom stereocenters. The number of hydrogen-bond donors (Lipinski definition) is 0. The van der Waals surface area contributed by atoms with Gasteiger partial charge >= 0.3 is 0 Å². The molecule has 0 saturated heterocycles. The van der Waals surface area contributed by atoms with E-state index in [1.807, 2.05) is 37.3 Å². The van der Waals surface area contributed by atoms with Crippen molar-refractivity contribution in [3.63, 3.8) is 0 Å². The maximum absolute atomic E-state index is 12.2. The summed E-state index contributed by atoms with van der Waals surface area (Å²) in [4.78, 5) is 0.770. The van der Waals surface area contributed by atoms with Gasteiger partial charge in [-0.05, 0) is 43.9 Å². The largest absolute Gasteiger partial charge is 0.248 e. The predicted octanol–water partition coefficient (Wildman–Crippen LogP) is 4.29. The first-order valence-corrected chi connectivity index (χ1v) is 7.25. The molecule has 1 aromatic carbocycles. The van der Waals surface area contributed by atoms with Gasteiger partial charge in [0, 0.05) is 4.90 Å². The number of halogens is 1. The maximum Gasteiger partial charge on any atom is 0.113 e. The van der Waals surface area contributed by atoms with E-state index in [1.54, 1.807) is 0 Å². The number of rotatable bonds is 2. The van der Waals surface area contributed by atoms with Crippen LogP contribution in [0.2, 0.25) is 0 Å². The third kappa shape index (κ3) is 3.08. The highest BCUT2D eigenvalue weighted by atomic mass is 35.5. The topological polar surface area (TPSA) is 17.1 Å². The number of aryl methyl sites for hydroxylation is 1. The lowest BCUT2D eigenvalue weighted by atomic mass is 10.0. The summed E-state index contributed by atoms with van der Waals surface area (Å²) in [5, 5.41) is 0. The van der Waals surface area contributed by atoms with Crippen LogP contribution in [0.1, 0.15) is 24.8 Å². The van der Waals surface area contributed by atoms with Gasteiger partial charge in [0.25, 0.3) is 0 Å². The van der Waals surface area contributed by atoms with Gasteiger partial charge in [0.15, 0.2) is 0 Å². The molecule has 1 aromatic rings. The second kappa shape index (κ2) is 5.65. The van der Waals surface area contributed by atoms with Crippen molar-refractivity contribution in [2.24, 2.45) is 0 Å². The summed E-state index contributed by atoms with van der Waals surface area (Å²) >= 11 is 6.21. The van der Waals surface area contributed by atoms with Crippen molar-refractivity contribution in [3.05, 3.63) is 51.9 Å². The molecule has 0 radical (unpaired) electrons. The van der Waals surface area contributed by atoms with Crippen LogP contribution < -0.4 is 0 Å². The first kappa shape index (κ1) is 12.6. The SMILES string of the molecule is Cc1ccc(S(=O)/C(Cl)=C2\C=CCCC2)cc1. The Hall–Kier alpha value is -0.860. The molecule has 0 aromatic heterocycles. The molecular formula is C14H15ClOS. The fraction of sp³-hybridized carbons (Fsp3) is 0.286. The van der Waals surface area contributed by atoms with Crippen LogP contribution in [0.4, 0.5) is 0 Å². The van der Waals surface area contributed by atoms with Gasteiger partial charge in [-0.3, -0.25) is 0 Å². The van der Waals surface area contributed by atoms with E-state index in [2.05, 4.69) is 6.08 Å². The molecule has 3 heteroatoms. The Morgan fingerprint density at radius 2 is 2.00 bits per heavy atom. The van der Waals surface area contributed by atoms with E-state index in [1.165, 1.54) is 0 Å². The van der Waals surface area contributed by atoms with Crippen molar-refractivity contribution >= 4 is 22.4 Å². The van der Waals surface area contributed by atoms with Crippen molar-refractivity contribution < 1.29 is 4.21 Å². The monoisotopic (exact) mass is 266 g/mol. The second-order valence-corrected chi connectivity index (χ2v) is 6.19. The number of benzene rings is 1. The average molecular weight is 267 g/mol. The Balaban J connectivity index is 2.28. The van der Waals surface area contributed by atoms with Crippen LogP contribution in [0.15, 0.2) is 51.3 Å².